The van der Waals surface area contributed by atoms with Crippen LogP contribution in [0.1, 0.15) is 26.5 Å². The second-order valence-electron chi connectivity index (χ2n) is 6.08. The number of carbonyl (C=O) groups excluding carboxylic acids is 1. The van der Waals surface area contributed by atoms with E-state index in [2.05, 4.69) is 15.4 Å². The molecule has 0 saturated heterocycles. The molecule has 24 heavy (non-hydrogen) atoms. The van der Waals surface area contributed by atoms with E-state index in [1.54, 1.807) is 24.4 Å². The van der Waals surface area contributed by atoms with Gasteiger partial charge in [-0.2, -0.15) is 9.78 Å². The zero-order chi connectivity index (χ0) is 18.0. The van der Waals surface area contributed by atoms with E-state index in [4.69, 9.17) is 39.5 Å². The normalized spacial score (nSPS) is 12.1. The van der Waals surface area contributed by atoms with Gasteiger partial charge in [-0.05, 0) is 12.1 Å². The monoisotopic (exact) mass is 390 g/mol. The van der Waals surface area contributed by atoms with E-state index in [9.17, 15) is 4.79 Å². The highest BCUT2D eigenvalue weighted by molar-refractivity contribution is 6.67. The minimum absolute atomic E-state index is 0.210. The molecule has 6 nitrogen and oxygen atoms in total. The Labute approximate surface area is 155 Å². The van der Waals surface area contributed by atoms with E-state index in [0.29, 0.717) is 11.6 Å². The van der Waals surface area contributed by atoms with Crippen molar-refractivity contribution < 1.29 is 9.53 Å². The quantitative estimate of drug-likeness (QED) is 0.783. The number of ether oxygens (including phenoxy) is 1. The SMILES string of the molecule is CC(C)(C)c1cc(NC(=O)OCC(Cl)(Cl)Cl)n(-c2ccccn2)n1. The minimum atomic E-state index is -1.67. The van der Waals surface area contributed by atoms with Crippen molar-refractivity contribution in [2.24, 2.45) is 0 Å². The number of amides is 1. The molecule has 0 atom stereocenters. The van der Waals surface area contributed by atoms with Crippen molar-refractivity contribution in [3.63, 3.8) is 0 Å². The van der Waals surface area contributed by atoms with Gasteiger partial charge in [-0.3, -0.25) is 5.32 Å². The average Bonchev–Trinajstić information content (AvgIpc) is 2.89. The number of anilines is 1. The zero-order valence-electron chi connectivity index (χ0n) is 13.4. The third-order valence-electron chi connectivity index (χ3n) is 2.94. The summed E-state index contributed by atoms with van der Waals surface area (Å²) in [6, 6.07) is 7.15. The van der Waals surface area contributed by atoms with Crippen molar-refractivity contribution in [3.05, 3.63) is 36.2 Å². The Bertz CT molecular complexity index is 706. The van der Waals surface area contributed by atoms with Gasteiger partial charge in [-0.1, -0.05) is 61.6 Å². The summed E-state index contributed by atoms with van der Waals surface area (Å²) in [4.78, 5) is 16.2. The van der Waals surface area contributed by atoms with Crippen molar-refractivity contribution in [2.75, 3.05) is 11.9 Å². The van der Waals surface area contributed by atoms with Crippen LogP contribution in [-0.2, 0) is 10.2 Å². The van der Waals surface area contributed by atoms with Crippen molar-refractivity contribution in [2.45, 2.75) is 30.0 Å². The second-order valence-corrected chi connectivity index (χ2v) is 8.60. The highest BCUT2D eigenvalue weighted by Crippen LogP contribution is 2.27. The van der Waals surface area contributed by atoms with Crippen LogP contribution < -0.4 is 5.32 Å². The molecule has 130 valence electrons. The molecule has 0 spiro atoms. The molecule has 0 aliphatic carbocycles. The molecule has 2 aromatic rings. The predicted octanol–water partition coefficient (Wildman–Crippen LogP) is 4.48. The second kappa shape index (κ2) is 7.17. The largest absolute Gasteiger partial charge is 0.445 e. The molecule has 0 unspecified atom stereocenters. The van der Waals surface area contributed by atoms with Crippen LogP contribution in [0.15, 0.2) is 30.5 Å². The Kier molecular flexibility index (Phi) is 5.63. The molecule has 0 fully saturated rings. The molecule has 1 N–H and O–H groups in total. The molecule has 0 saturated carbocycles. The van der Waals surface area contributed by atoms with Gasteiger partial charge < -0.3 is 4.74 Å². The van der Waals surface area contributed by atoms with E-state index in [0.717, 1.165) is 5.69 Å². The molecule has 0 aliphatic rings. The molecular formula is C15H17Cl3N4O2. The summed E-state index contributed by atoms with van der Waals surface area (Å²) in [7, 11) is 0. The Balaban J connectivity index is 2.28. The first-order valence-corrected chi connectivity index (χ1v) is 8.22. The number of rotatable bonds is 3. The lowest BCUT2D eigenvalue weighted by molar-refractivity contribution is 0.163. The number of nitrogens with one attached hydrogen (secondary N) is 1. The summed E-state index contributed by atoms with van der Waals surface area (Å²) in [5.41, 5.74) is 0.572. The third kappa shape index (κ3) is 5.26. The topological polar surface area (TPSA) is 69.0 Å². The van der Waals surface area contributed by atoms with Crippen LogP contribution in [0.3, 0.4) is 0 Å². The summed E-state index contributed by atoms with van der Waals surface area (Å²) in [5, 5.41) is 7.12. The number of hydrogen-bond donors (Lipinski definition) is 1. The van der Waals surface area contributed by atoms with Crippen LogP contribution in [0.4, 0.5) is 10.6 Å². The summed E-state index contributed by atoms with van der Waals surface area (Å²) in [6.07, 6.45) is 0.887. The highest BCUT2D eigenvalue weighted by Gasteiger charge is 2.24. The number of hydrogen-bond acceptors (Lipinski definition) is 4. The molecule has 0 aliphatic heterocycles. The number of pyridine rings is 1. The first-order chi connectivity index (χ1) is 11.1. The fourth-order valence-electron chi connectivity index (χ4n) is 1.78. The number of carbonyl (C=O) groups is 1. The van der Waals surface area contributed by atoms with Crippen LogP contribution in [-0.4, -0.2) is 31.3 Å². The van der Waals surface area contributed by atoms with E-state index in [-0.39, 0.29) is 12.0 Å². The Morgan fingerprint density at radius 1 is 1.29 bits per heavy atom. The van der Waals surface area contributed by atoms with Crippen LogP contribution in [0, 0.1) is 0 Å². The Hall–Kier alpha value is -1.50. The highest BCUT2D eigenvalue weighted by atomic mass is 35.6. The van der Waals surface area contributed by atoms with Crippen molar-refractivity contribution in [1.82, 2.24) is 14.8 Å². The average molecular weight is 392 g/mol. The standard InChI is InChI=1S/C15H17Cl3N4O2/c1-14(2,3)10-8-12(20-13(23)24-9-15(16,17)18)22(21-10)11-6-4-5-7-19-11/h4-8H,9H2,1-3H3,(H,20,23). The number of nitrogens with zero attached hydrogens (tertiary/aromatic N) is 3. The molecular weight excluding hydrogens is 375 g/mol. The van der Waals surface area contributed by atoms with Gasteiger partial charge in [0.1, 0.15) is 12.4 Å². The fraction of sp³-hybridized carbons (Fsp3) is 0.400. The first-order valence-electron chi connectivity index (χ1n) is 7.09. The lowest BCUT2D eigenvalue weighted by Gasteiger charge is -2.13. The van der Waals surface area contributed by atoms with Crippen molar-refractivity contribution in [3.8, 4) is 5.82 Å². The summed E-state index contributed by atoms with van der Waals surface area (Å²) < 4.78 is 4.74. The molecule has 0 aromatic carbocycles. The lowest BCUT2D eigenvalue weighted by atomic mass is 9.92. The molecule has 2 rings (SSSR count). The Morgan fingerprint density at radius 3 is 2.54 bits per heavy atom. The van der Waals surface area contributed by atoms with E-state index in [1.807, 2.05) is 26.8 Å². The van der Waals surface area contributed by atoms with Gasteiger partial charge in [0.05, 0.1) is 5.69 Å². The molecule has 1 amide bonds. The first kappa shape index (κ1) is 18.8. The molecule has 9 heteroatoms. The summed E-state index contributed by atoms with van der Waals surface area (Å²) in [6.45, 7) is 5.68. The number of alkyl halides is 3. The van der Waals surface area contributed by atoms with Crippen LogP contribution in [0.5, 0.6) is 0 Å². The molecule has 2 aromatic heterocycles. The maximum absolute atomic E-state index is 11.9. The van der Waals surface area contributed by atoms with Gasteiger partial charge in [0.25, 0.3) is 0 Å². The third-order valence-corrected chi connectivity index (χ3v) is 3.27. The lowest BCUT2D eigenvalue weighted by Crippen LogP contribution is -2.22. The van der Waals surface area contributed by atoms with Crippen molar-refractivity contribution in [1.29, 1.82) is 0 Å². The van der Waals surface area contributed by atoms with Gasteiger partial charge in [-0.15, -0.1) is 0 Å². The van der Waals surface area contributed by atoms with Crippen LogP contribution in [0.2, 0.25) is 0 Å². The molecule has 0 radical (unpaired) electrons. The summed E-state index contributed by atoms with van der Waals surface area (Å²) >= 11 is 16.7. The maximum Gasteiger partial charge on any atom is 0.412 e. The van der Waals surface area contributed by atoms with Crippen LogP contribution >= 0.6 is 34.8 Å². The van der Waals surface area contributed by atoms with Gasteiger partial charge in [0.2, 0.25) is 3.79 Å². The van der Waals surface area contributed by atoms with Gasteiger partial charge in [0.15, 0.2) is 5.82 Å². The van der Waals surface area contributed by atoms with Gasteiger partial charge in [0, 0.05) is 17.7 Å². The van der Waals surface area contributed by atoms with E-state index in [1.165, 1.54) is 4.68 Å². The molecule has 0 bridgehead atoms. The smallest absolute Gasteiger partial charge is 0.412 e. The van der Waals surface area contributed by atoms with Gasteiger partial charge in [-0.25, -0.2) is 9.78 Å². The number of halogens is 3. The predicted molar refractivity (Wildman–Crippen MR) is 95.3 cm³/mol. The van der Waals surface area contributed by atoms with Crippen molar-refractivity contribution >= 4 is 46.7 Å². The van der Waals surface area contributed by atoms with E-state index >= 15 is 0 Å². The van der Waals surface area contributed by atoms with E-state index < -0.39 is 9.89 Å². The number of aromatic nitrogens is 3. The molecule has 2 heterocycles. The Morgan fingerprint density at radius 2 is 2.00 bits per heavy atom. The van der Waals surface area contributed by atoms with Gasteiger partial charge >= 0.3 is 6.09 Å². The maximum atomic E-state index is 11.9. The minimum Gasteiger partial charge on any atom is -0.445 e. The zero-order valence-corrected chi connectivity index (χ0v) is 15.7. The summed E-state index contributed by atoms with van der Waals surface area (Å²) in [5.74, 6) is 0.970. The van der Waals surface area contributed by atoms with Crippen LogP contribution in [0.25, 0.3) is 5.82 Å². The fourth-order valence-corrected chi connectivity index (χ4v) is 1.94.